The lowest BCUT2D eigenvalue weighted by atomic mass is 9.99. The fourth-order valence-corrected chi connectivity index (χ4v) is 3.93. The molecule has 166 valence electrons. The van der Waals surface area contributed by atoms with Crippen LogP contribution in [0.15, 0.2) is 66.7 Å². The first kappa shape index (κ1) is 22.6. The normalized spacial score (nSPS) is 10.8. The molecule has 33 heavy (non-hydrogen) atoms. The molecule has 0 atom stereocenters. The number of carbonyl (C=O) groups is 2. The van der Waals surface area contributed by atoms with Crippen molar-refractivity contribution in [1.82, 2.24) is 10.4 Å². The van der Waals surface area contributed by atoms with Crippen LogP contribution in [0.2, 0.25) is 10.0 Å². The van der Waals surface area contributed by atoms with E-state index in [1.165, 1.54) is 18.2 Å². The zero-order valence-corrected chi connectivity index (χ0v) is 19.4. The Bertz CT molecular complexity index is 1400. The van der Waals surface area contributed by atoms with Crippen LogP contribution in [0.5, 0.6) is 0 Å². The number of hydrogen-bond acceptors (Lipinski definition) is 3. The predicted octanol–water partition coefficient (Wildman–Crippen LogP) is 6.06. The highest BCUT2D eigenvalue weighted by atomic mass is 35.5. The molecule has 4 aromatic rings. The lowest BCUT2D eigenvalue weighted by Crippen LogP contribution is -2.49. The van der Waals surface area contributed by atoms with Crippen molar-refractivity contribution in [3.05, 3.63) is 93.5 Å². The number of nitrogens with one attached hydrogen (secondary N) is 1. The summed E-state index contributed by atoms with van der Waals surface area (Å²) in [6.45, 7) is 4.02. The SMILES string of the molecule is Cc1ccc(-c2cc(C(=O)NN(C(N)=O)c3ccc(Cl)c(Cl)c3)c3ccccc3n2)c(C)c1. The van der Waals surface area contributed by atoms with Gasteiger partial charge in [-0.25, -0.2) is 14.8 Å². The van der Waals surface area contributed by atoms with E-state index >= 15 is 0 Å². The van der Waals surface area contributed by atoms with E-state index in [1.807, 2.05) is 44.2 Å². The maximum Gasteiger partial charge on any atom is 0.338 e. The molecule has 0 saturated heterocycles. The summed E-state index contributed by atoms with van der Waals surface area (Å²) in [5, 5.41) is 2.11. The molecule has 0 spiro atoms. The number of halogens is 2. The first-order valence-electron chi connectivity index (χ1n) is 10.1. The third-order valence-corrected chi connectivity index (χ3v) is 5.95. The summed E-state index contributed by atoms with van der Waals surface area (Å²) in [6, 6.07) is 18.7. The topological polar surface area (TPSA) is 88.3 Å². The quantitative estimate of drug-likeness (QED) is 0.351. The fourth-order valence-electron chi connectivity index (χ4n) is 3.64. The maximum atomic E-state index is 13.4. The van der Waals surface area contributed by atoms with Crippen LogP contribution in [0.3, 0.4) is 0 Å². The van der Waals surface area contributed by atoms with E-state index in [0.29, 0.717) is 27.2 Å². The van der Waals surface area contributed by atoms with Gasteiger partial charge in [0, 0.05) is 10.9 Å². The zero-order chi connectivity index (χ0) is 23.7. The minimum atomic E-state index is -0.880. The molecule has 0 saturated carbocycles. The number of hydrogen-bond donors (Lipinski definition) is 2. The molecule has 0 fully saturated rings. The number of hydrazine groups is 1. The Balaban J connectivity index is 1.79. The highest BCUT2D eigenvalue weighted by Crippen LogP contribution is 2.29. The van der Waals surface area contributed by atoms with Gasteiger partial charge in [0.1, 0.15) is 0 Å². The van der Waals surface area contributed by atoms with Crippen LogP contribution in [0.1, 0.15) is 21.5 Å². The number of nitrogens with two attached hydrogens (primary N) is 1. The van der Waals surface area contributed by atoms with Gasteiger partial charge in [-0.15, -0.1) is 0 Å². The Morgan fingerprint density at radius 3 is 2.39 bits per heavy atom. The van der Waals surface area contributed by atoms with Gasteiger partial charge >= 0.3 is 6.03 Å². The van der Waals surface area contributed by atoms with E-state index in [-0.39, 0.29) is 10.7 Å². The van der Waals surface area contributed by atoms with Crippen molar-refractivity contribution in [2.75, 3.05) is 5.01 Å². The second-order valence-corrected chi connectivity index (χ2v) is 8.42. The number of aromatic nitrogens is 1. The van der Waals surface area contributed by atoms with Crippen molar-refractivity contribution in [3.63, 3.8) is 0 Å². The van der Waals surface area contributed by atoms with Gasteiger partial charge in [0.2, 0.25) is 0 Å². The van der Waals surface area contributed by atoms with Crippen molar-refractivity contribution < 1.29 is 9.59 Å². The molecule has 0 bridgehead atoms. The number of amides is 3. The number of benzene rings is 3. The predicted molar refractivity (Wildman–Crippen MR) is 133 cm³/mol. The standard InChI is InChI=1S/C25H20Cl2N4O2/c1-14-7-9-17(15(2)11-14)23-13-19(18-5-3-4-6-22(18)29-23)24(32)30-31(25(28)33)16-8-10-20(26)21(27)12-16/h3-13H,1-2H3,(H2,28,33)(H,30,32). The van der Waals surface area contributed by atoms with Crippen LogP contribution >= 0.6 is 23.2 Å². The summed E-state index contributed by atoms with van der Waals surface area (Å²) in [5.74, 6) is -0.524. The minimum Gasteiger partial charge on any atom is -0.350 e. The lowest BCUT2D eigenvalue weighted by molar-refractivity contribution is 0.0952. The number of carbonyl (C=O) groups excluding carboxylic acids is 2. The zero-order valence-electron chi connectivity index (χ0n) is 17.9. The van der Waals surface area contributed by atoms with Crippen LogP contribution in [-0.2, 0) is 0 Å². The van der Waals surface area contributed by atoms with E-state index in [1.54, 1.807) is 12.1 Å². The van der Waals surface area contributed by atoms with Gasteiger partial charge in [-0.1, -0.05) is 65.2 Å². The number of anilines is 1. The summed E-state index contributed by atoms with van der Waals surface area (Å²) in [7, 11) is 0. The monoisotopic (exact) mass is 478 g/mol. The highest BCUT2D eigenvalue weighted by molar-refractivity contribution is 6.42. The summed E-state index contributed by atoms with van der Waals surface area (Å²) in [4.78, 5) is 30.3. The van der Waals surface area contributed by atoms with Crippen LogP contribution in [0.4, 0.5) is 10.5 Å². The van der Waals surface area contributed by atoms with E-state index in [9.17, 15) is 9.59 Å². The van der Waals surface area contributed by atoms with Crippen molar-refractivity contribution in [3.8, 4) is 11.3 Å². The van der Waals surface area contributed by atoms with Crippen molar-refractivity contribution >= 4 is 51.7 Å². The molecule has 0 aliphatic heterocycles. The number of fused-ring (bicyclic) bond motifs is 1. The van der Waals surface area contributed by atoms with Crippen molar-refractivity contribution in [2.45, 2.75) is 13.8 Å². The molecule has 3 aromatic carbocycles. The number of primary amides is 1. The summed E-state index contributed by atoms with van der Waals surface area (Å²) < 4.78 is 0. The van der Waals surface area contributed by atoms with Crippen LogP contribution in [0.25, 0.3) is 22.2 Å². The average Bonchev–Trinajstić information content (AvgIpc) is 2.78. The molecular formula is C25H20Cl2N4O2. The van der Waals surface area contributed by atoms with Crippen molar-refractivity contribution in [2.24, 2.45) is 5.73 Å². The molecule has 0 aliphatic carbocycles. The van der Waals surface area contributed by atoms with E-state index in [0.717, 1.165) is 21.7 Å². The fraction of sp³-hybridized carbons (Fsp3) is 0.0800. The number of urea groups is 1. The average molecular weight is 479 g/mol. The minimum absolute atomic E-state index is 0.223. The summed E-state index contributed by atoms with van der Waals surface area (Å²) >= 11 is 12.0. The van der Waals surface area contributed by atoms with Gasteiger partial charge in [0.25, 0.3) is 5.91 Å². The van der Waals surface area contributed by atoms with Crippen LogP contribution < -0.4 is 16.2 Å². The second kappa shape index (κ2) is 9.10. The third kappa shape index (κ3) is 4.62. The molecule has 0 aliphatic rings. The Morgan fingerprint density at radius 1 is 0.939 bits per heavy atom. The Kier molecular flexibility index (Phi) is 6.22. The summed E-state index contributed by atoms with van der Waals surface area (Å²) in [5.41, 5.74) is 13.1. The molecule has 4 rings (SSSR count). The Labute approximate surface area is 200 Å². The number of nitrogens with zero attached hydrogens (tertiary/aromatic N) is 2. The maximum absolute atomic E-state index is 13.4. The van der Waals surface area contributed by atoms with Gasteiger partial charge in [0.15, 0.2) is 0 Å². The number of rotatable bonds is 3. The van der Waals surface area contributed by atoms with Gasteiger partial charge in [0.05, 0.1) is 32.5 Å². The molecule has 3 N–H and O–H groups in total. The Hall–Kier alpha value is -3.61. The largest absolute Gasteiger partial charge is 0.350 e. The van der Waals surface area contributed by atoms with Crippen molar-refractivity contribution in [1.29, 1.82) is 0 Å². The van der Waals surface area contributed by atoms with E-state index in [2.05, 4.69) is 11.5 Å². The number of para-hydroxylation sites is 1. The van der Waals surface area contributed by atoms with E-state index in [4.69, 9.17) is 33.9 Å². The molecule has 1 heterocycles. The van der Waals surface area contributed by atoms with Gasteiger partial charge in [-0.05, 0) is 49.7 Å². The Morgan fingerprint density at radius 2 is 1.70 bits per heavy atom. The molecule has 3 amide bonds. The molecule has 1 aromatic heterocycles. The first-order valence-corrected chi connectivity index (χ1v) is 10.8. The van der Waals surface area contributed by atoms with Crippen LogP contribution in [0, 0.1) is 13.8 Å². The van der Waals surface area contributed by atoms with Crippen LogP contribution in [-0.4, -0.2) is 16.9 Å². The second-order valence-electron chi connectivity index (χ2n) is 7.60. The molecule has 6 nitrogen and oxygen atoms in total. The van der Waals surface area contributed by atoms with E-state index < -0.39 is 11.9 Å². The number of aryl methyl sites for hydroxylation is 2. The van der Waals surface area contributed by atoms with Gasteiger partial charge in [-0.3, -0.25) is 10.2 Å². The van der Waals surface area contributed by atoms with Gasteiger partial charge < -0.3 is 5.73 Å². The molecule has 8 heteroatoms. The molecule has 0 unspecified atom stereocenters. The van der Waals surface area contributed by atoms with Gasteiger partial charge in [-0.2, -0.15) is 0 Å². The first-order chi connectivity index (χ1) is 15.7. The number of pyridine rings is 1. The highest BCUT2D eigenvalue weighted by Gasteiger charge is 2.21. The lowest BCUT2D eigenvalue weighted by Gasteiger charge is -2.22. The third-order valence-electron chi connectivity index (χ3n) is 5.21. The molecule has 0 radical (unpaired) electrons. The summed E-state index contributed by atoms with van der Waals surface area (Å²) in [6.07, 6.45) is 0. The molecular weight excluding hydrogens is 459 g/mol. The smallest absolute Gasteiger partial charge is 0.338 e.